The monoisotopic (exact) mass is 671 g/mol. The lowest BCUT2D eigenvalue weighted by atomic mass is 9.95. The molecule has 7 atom stereocenters. The zero-order chi connectivity index (χ0) is 36.8. The summed E-state index contributed by atoms with van der Waals surface area (Å²) in [5, 5.41) is 43.8. The van der Waals surface area contributed by atoms with Crippen molar-refractivity contribution < 1.29 is 44.1 Å². The van der Waals surface area contributed by atoms with Gasteiger partial charge in [-0.15, -0.1) is 0 Å². The molecular weight excluding hydrogens is 610 g/mol. The van der Waals surface area contributed by atoms with Gasteiger partial charge < -0.3 is 41.9 Å². The van der Waals surface area contributed by atoms with Crippen molar-refractivity contribution in [3.63, 3.8) is 0 Å². The number of carboxylic acid groups (broad SMARTS) is 1. The van der Waals surface area contributed by atoms with Crippen molar-refractivity contribution in [3.8, 4) is 0 Å². The number of rotatable bonds is 21. The van der Waals surface area contributed by atoms with Gasteiger partial charge in [-0.3, -0.25) is 28.8 Å². The Morgan fingerprint density at radius 3 is 1.28 bits per heavy atom. The molecular formula is C33H61N5O9. The lowest BCUT2D eigenvalue weighted by molar-refractivity contribution is -0.140. The molecule has 0 aliphatic rings. The molecule has 0 aromatic heterocycles. The summed E-state index contributed by atoms with van der Waals surface area (Å²) in [7, 11) is 0. The van der Waals surface area contributed by atoms with Crippen LogP contribution < -0.4 is 26.6 Å². The Balaban J connectivity index is 5.60. The molecule has 8 N–H and O–H groups in total. The molecule has 272 valence electrons. The summed E-state index contributed by atoms with van der Waals surface area (Å²) >= 11 is 0. The molecule has 0 aromatic carbocycles. The third-order valence-electron chi connectivity index (χ3n) is 7.60. The van der Waals surface area contributed by atoms with E-state index in [9.17, 15) is 39.0 Å². The minimum absolute atomic E-state index is 0.0153. The van der Waals surface area contributed by atoms with Crippen LogP contribution in [0.1, 0.15) is 102 Å². The average Bonchev–Trinajstić information content (AvgIpc) is 2.91. The van der Waals surface area contributed by atoms with Gasteiger partial charge in [-0.1, -0.05) is 69.2 Å². The van der Waals surface area contributed by atoms with Crippen LogP contribution >= 0.6 is 0 Å². The molecule has 0 unspecified atom stereocenters. The molecule has 0 aliphatic carbocycles. The fourth-order valence-electron chi connectivity index (χ4n) is 4.87. The van der Waals surface area contributed by atoms with Crippen molar-refractivity contribution >= 4 is 35.5 Å². The molecule has 0 heterocycles. The average molecular weight is 672 g/mol. The van der Waals surface area contributed by atoms with Gasteiger partial charge in [0, 0.05) is 5.92 Å². The van der Waals surface area contributed by atoms with Crippen molar-refractivity contribution in [2.24, 2.45) is 29.6 Å². The van der Waals surface area contributed by atoms with Gasteiger partial charge in [-0.05, 0) is 43.4 Å². The fourth-order valence-corrected chi connectivity index (χ4v) is 4.87. The van der Waals surface area contributed by atoms with E-state index in [2.05, 4.69) is 26.6 Å². The Kier molecular flexibility index (Phi) is 19.4. The predicted octanol–water partition coefficient (Wildman–Crippen LogP) is 1.08. The lowest BCUT2D eigenvalue weighted by Gasteiger charge is -2.31. The fraction of sp³-hybridized carbons (Fsp3) is 0.818. The quantitative estimate of drug-likeness (QED) is 0.0873. The highest BCUT2D eigenvalue weighted by Gasteiger charge is 2.34. The van der Waals surface area contributed by atoms with E-state index in [-0.39, 0.29) is 35.5 Å². The highest BCUT2D eigenvalue weighted by molar-refractivity contribution is 5.93. The Bertz CT molecular complexity index is 1050. The van der Waals surface area contributed by atoms with Crippen LogP contribution in [0.15, 0.2) is 0 Å². The van der Waals surface area contributed by atoms with Gasteiger partial charge in [0.2, 0.25) is 29.5 Å². The van der Waals surface area contributed by atoms with Gasteiger partial charge in [0.25, 0.3) is 0 Å². The summed E-state index contributed by atoms with van der Waals surface area (Å²) in [6, 6.07) is -4.62. The summed E-state index contributed by atoms with van der Waals surface area (Å²) in [5.74, 6) is -4.73. The highest BCUT2D eigenvalue weighted by atomic mass is 16.4. The van der Waals surface area contributed by atoms with E-state index >= 15 is 0 Å². The van der Waals surface area contributed by atoms with Crippen molar-refractivity contribution in [3.05, 3.63) is 0 Å². The summed E-state index contributed by atoms with van der Waals surface area (Å²) in [4.78, 5) is 75.7. The van der Waals surface area contributed by atoms with E-state index in [4.69, 9.17) is 5.11 Å². The number of carboxylic acids is 1. The summed E-state index contributed by atoms with van der Waals surface area (Å²) in [6.07, 6.45) is -3.02. The molecule has 0 bridgehead atoms. The third-order valence-corrected chi connectivity index (χ3v) is 7.60. The maximum Gasteiger partial charge on any atom is 0.306 e. The molecule has 0 saturated carbocycles. The smallest absolute Gasteiger partial charge is 0.306 e. The molecule has 0 rings (SSSR count). The van der Waals surface area contributed by atoms with Crippen LogP contribution in [0.2, 0.25) is 0 Å². The molecule has 0 aromatic rings. The summed E-state index contributed by atoms with van der Waals surface area (Å²) in [5.41, 5.74) is 0. The number of hydrogen-bond donors (Lipinski definition) is 8. The topological polar surface area (TPSA) is 223 Å². The maximum absolute atomic E-state index is 13.5. The van der Waals surface area contributed by atoms with E-state index < -0.39 is 84.9 Å². The Hall–Kier alpha value is -3.26. The largest absolute Gasteiger partial charge is 0.481 e. The molecule has 14 nitrogen and oxygen atoms in total. The number of aliphatic hydroxyl groups excluding tert-OH is 2. The standard InChI is InChI=1S/C33H61N5O9/c1-16(2)12-22(36-32(46)28(18(5)6)38-33(47)29(19(7)8)37-30(44)20(9)10)24(39)14-26(41)34-21(11)31(45)35-23(13-17(3)4)25(40)15-27(42)43/h16-25,28-29,39-40H,12-15H2,1-11H3,(H,34,41)(H,35,45)(H,36,46)(H,37,44)(H,38,47)(H,42,43)/t21-,22-,23-,24-,25-,28-,29-/m0/s1. The molecule has 0 radical (unpaired) electrons. The van der Waals surface area contributed by atoms with E-state index in [0.29, 0.717) is 12.8 Å². The van der Waals surface area contributed by atoms with E-state index in [1.165, 1.54) is 6.92 Å². The summed E-state index contributed by atoms with van der Waals surface area (Å²) < 4.78 is 0. The van der Waals surface area contributed by atoms with Gasteiger partial charge in [0.15, 0.2) is 0 Å². The zero-order valence-corrected chi connectivity index (χ0v) is 30.0. The second-order valence-corrected chi connectivity index (χ2v) is 14.3. The molecule has 47 heavy (non-hydrogen) atoms. The van der Waals surface area contributed by atoms with Crippen LogP contribution in [0, 0.1) is 29.6 Å². The normalized spacial score (nSPS) is 16.2. The van der Waals surface area contributed by atoms with Crippen molar-refractivity contribution in [2.45, 2.75) is 144 Å². The first-order valence-electron chi connectivity index (χ1n) is 16.7. The lowest BCUT2D eigenvalue weighted by Crippen LogP contribution is -2.59. The number of aliphatic hydroxyl groups is 2. The number of carbonyl (C=O) groups is 6. The van der Waals surface area contributed by atoms with E-state index in [1.54, 1.807) is 41.5 Å². The van der Waals surface area contributed by atoms with Crippen molar-refractivity contribution in [1.29, 1.82) is 0 Å². The first-order chi connectivity index (χ1) is 21.6. The number of amides is 5. The SMILES string of the molecule is CC(C)C[C@H](NC(=O)[C@H](C)NC(=O)C[C@H](O)[C@H](CC(C)C)NC(=O)[C@@H](NC(=O)[C@@H](NC(=O)C(C)C)C(C)C)C(C)C)[C@@H](O)CC(=O)O. The first kappa shape index (κ1) is 43.7. The van der Waals surface area contributed by atoms with Crippen LogP contribution in [-0.4, -0.2) is 93.2 Å². The number of carbonyl (C=O) groups excluding carboxylic acids is 5. The Morgan fingerprint density at radius 1 is 0.511 bits per heavy atom. The van der Waals surface area contributed by atoms with Gasteiger partial charge in [0.1, 0.15) is 18.1 Å². The first-order valence-corrected chi connectivity index (χ1v) is 16.7. The van der Waals surface area contributed by atoms with Gasteiger partial charge in [-0.25, -0.2) is 0 Å². The second kappa shape index (κ2) is 20.9. The maximum atomic E-state index is 13.5. The Morgan fingerprint density at radius 2 is 0.894 bits per heavy atom. The molecule has 5 amide bonds. The molecule has 0 saturated heterocycles. The number of aliphatic carboxylic acids is 1. The van der Waals surface area contributed by atoms with Crippen LogP contribution in [-0.2, 0) is 28.8 Å². The van der Waals surface area contributed by atoms with Crippen LogP contribution in [0.25, 0.3) is 0 Å². The van der Waals surface area contributed by atoms with E-state index in [0.717, 1.165) is 0 Å². The molecule has 14 heteroatoms. The predicted molar refractivity (Wildman–Crippen MR) is 178 cm³/mol. The van der Waals surface area contributed by atoms with Gasteiger partial charge >= 0.3 is 5.97 Å². The number of hydrogen-bond acceptors (Lipinski definition) is 8. The molecule has 0 fully saturated rings. The summed E-state index contributed by atoms with van der Waals surface area (Å²) in [6.45, 7) is 19.4. The van der Waals surface area contributed by atoms with Gasteiger partial charge in [-0.2, -0.15) is 0 Å². The highest BCUT2D eigenvalue weighted by Crippen LogP contribution is 2.15. The number of nitrogens with one attached hydrogen (secondary N) is 5. The van der Waals surface area contributed by atoms with Crippen LogP contribution in [0.5, 0.6) is 0 Å². The van der Waals surface area contributed by atoms with Crippen molar-refractivity contribution in [1.82, 2.24) is 26.6 Å². The van der Waals surface area contributed by atoms with E-state index in [1.807, 2.05) is 27.7 Å². The zero-order valence-electron chi connectivity index (χ0n) is 30.0. The van der Waals surface area contributed by atoms with Crippen LogP contribution in [0.4, 0.5) is 0 Å². The van der Waals surface area contributed by atoms with Crippen LogP contribution in [0.3, 0.4) is 0 Å². The molecule has 0 spiro atoms. The second-order valence-electron chi connectivity index (χ2n) is 14.3. The van der Waals surface area contributed by atoms with Crippen molar-refractivity contribution in [2.75, 3.05) is 0 Å². The Labute approximate surface area is 280 Å². The third kappa shape index (κ3) is 16.9. The van der Waals surface area contributed by atoms with Gasteiger partial charge in [0.05, 0.1) is 37.1 Å². The molecule has 0 aliphatic heterocycles. The minimum atomic E-state index is -1.33. The minimum Gasteiger partial charge on any atom is -0.481 e.